The van der Waals surface area contributed by atoms with Crippen molar-refractivity contribution in [2.75, 3.05) is 0 Å². The maximum atomic E-state index is 6.18. The molecule has 9 heteroatoms. The minimum absolute atomic E-state index is 0.268. The number of H-pyrrole nitrogens is 1. The van der Waals surface area contributed by atoms with Crippen LogP contribution >= 0.6 is 0 Å². The van der Waals surface area contributed by atoms with Crippen molar-refractivity contribution in [3.63, 3.8) is 0 Å². The van der Waals surface area contributed by atoms with Crippen LogP contribution in [-0.2, 0) is 6.54 Å². The molecule has 24 heavy (non-hydrogen) atoms. The Bertz CT molecular complexity index is 869. The second-order valence-electron chi connectivity index (χ2n) is 6.69. The highest BCUT2D eigenvalue weighted by Gasteiger charge is 2.44. The summed E-state index contributed by atoms with van der Waals surface area (Å²) in [5, 5.41) is 3.56. The van der Waals surface area contributed by atoms with Gasteiger partial charge < -0.3 is 4.98 Å². The summed E-state index contributed by atoms with van der Waals surface area (Å²) in [6.07, 6.45) is 8.20. The predicted octanol–water partition coefficient (Wildman–Crippen LogP) is 1.14. The summed E-state index contributed by atoms with van der Waals surface area (Å²) >= 11 is 0. The lowest BCUT2D eigenvalue weighted by Gasteiger charge is -2.37. The van der Waals surface area contributed by atoms with Crippen LogP contribution < -0.4 is 0 Å². The highest BCUT2D eigenvalue weighted by molar-refractivity contribution is 6.45. The third kappa shape index (κ3) is 2.50. The summed E-state index contributed by atoms with van der Waals surface area (Å²) in [5.41, 5.74) is 2.49. The van der Waals surface area contributed by atoms with Gasteiger partial charge >= 0.3 is 0 Å². The minimum Gasteiger partial charge on any atom is -0.346 e. The van der Waals surface area contributed by atoms with Crippen LogP contribution in [0.3, 0.4) is 0 Å². The van der Waals surface area contributed by atoms with Crippen molar-refractivity contribution in [1.82, 2.24) is 24.7 Å². The lowest BCUT2D eigenvalue weighted by molar-refractivity contribution is 0.389. The first-order valence-corrected chi connectivity index (χ1v) is 7.83. The van der Waals surface area contributed by atoms with Gasteiger partial charge in [0.25, 0.3) is 0 Å². The molecule has 1 aliphatic rings. The van der Waals surface area contributed by atoms with Crippen LogP contribution in [-0.4, -0.2) is 56.1 Å². The number of aromatic nitrogens is 5. The Morgan fingerprint density at radius 2 is 1.92 bits per heavy atom. The fraction of sp³-hybridized carbons (Fsp3) is 0.400. The Labute approximate surface area is 145 Å². The van der Waals surface area contributed by atoms with Crippen LogP contribution in [0.4, 0.5) is 0 Å². The van der Waals surface area contributed by atoms with E-state index in [0.29, 0.717) is 19.4 Å². The molecule has 5 nitrogen and oxygen atoms in total. The van der Waals surface area contributed by atoms with Crippen molar-refractivity contribution < 1.29 is 0 Å². The number of hydrogen-bond donors (Lipinski definition) is 1. The third-order valence-corrected chi connectivity index (χ3v) is 4.92. The molecular weight excluding hydrogens is 293 g/mol. The molecule has 8 radical (unpaired) electrons. The molecule has 110 valence electrons. The highest BCUT2D eigenvalue weighted by Crippen LogP contribution is 2.56. The molecule has 1 aliphatic carbocycles. The van der Waals surface area contributed by atoms with Gasteiger partial charge in [-0.2, -0.15) is 5.10 Å². The fourth-order valence-electron chi connectivity index (χ4n) is 3.50. The van der Waals surface area contributed by atoms with Crippen molar-refractivity contribution in [2.45, 2.75) is 29.8 Å². The van der Waals surface area contributed by atoms with Gasteiger partial charge in [0.15, 0.2) is 0 Å². The lowest BCUT2D eigenvalue weighted by Crippen LogP contribution is -2.32. The molecular formula is C15H13B4N5. The number of fused-ring (bicyclic) bond motifs is 1. The molecule has 0 aromatic carbocycles. The van der Waals surface area contributed by atoms with Gasteiger partial charge in [-0.25, -0.2) is 9.97 Å². The number of rotatable bonds is 3. The van der Waals surface area contributed by atoms with E-state index in [9.17, 15) is 0 Å². The Morgan fingerprint density at radius 3 is 2.67 bits per heavy atom. The molecule has 0 bridgehead atoms. The summed E-state index contributed by atoms with van der Waals surface area (Å²) in [6.45, 7) is 0.460. The molecule has 0 spiro atoms. The van der Waals surface area contributed by atoms with E-state index in [2.05, 4.69) is 20.1 Å². The molecule has 0 aliphatic heterocycles. The zero-order valence-corrected chi connectivity index (χ0v) is 13.2. The molecule has 1 N–H and O–H groups in total. The maximum absolute atomic E-state index is 6.18. The molecule has 3 aromatic heterocycles. The van der Waals surface area contributed by atoms with Crippen molar-refractivity contribution in [1.29, 1.82) is 0 Å². The average molecular weight is 307 g/mol. The lowest BCUT2D eigenvalue weighted by atomic mass is 9.40. The van der Waals surface area contributed by atoms with E-state index in [-0.39, 0.29) is 5.92 Å². The Balaban J connectivity index is 1.65. The van der Waals surface area contributed by atoms with Gasteiger partial charge in [0.2, 0.25) is 0 Å². The van der Waals surface area contributed by atoms with Gasteiger partial charge in [0.05, 0.1) is 43.3 Å². The summed E-state index contributed by atoms with van der Waals surface area (Å²) < 4.78 is 1.77. The molecule has 0 saturated heterocycles. The number of aromatic amines is 1. The van der Waals surface area contributed by atoms with Gasteiger partial charge in [0.1, 0.15) is 12.0 Å². The van der Waals surface area contributed by atoms with Crippen molar-refractivity contribution in [3.8, 4) is 11.3 Å². The van der Waals surface area contributed by atoms with Crippen molar-refractivity contribution >= 4 is 42.4 Å². The van der Waals surface area contributed by atoms with E-state index >= 15 is 0 Å². The van der Waals surface area contributed by atoms with E-state index in [0.717, 1.165) is 22.3 Å². The molecule has 3 aromatic rings. The third-order valence-electron chi connectivity index (χ3n) is 4.92. The van der Waals surface area contributed by atoms with Crippen LogP contribution in [0.15, 0.2) is 31.0 Å². The summed E-state index contributed by atoms with van der Waals surface area (Å²) in [4.78, 5) is 11.6. The van der Waals surface area contributed by atoms with Crippen LogP contribution in [0.2, 0.25) is 10.4 Å². The summed E-state index contributed by atoms with van der Waals surface area (Å²) in [6, 6.07) is 1.94. The first-order valence-electron chi connectivity index (χ1n) is 7.83. The maximum Gasteiger partial charge on any atom is 0.141 e. The van der Waals surface area contributed by atoms with E-state index in [1.54, 1.807) is 10.9 Å². The van der Waals surface area contributed by atoms with Gasteiger partial charge in [-0.15, -0.1) is 0 Å². The number of nitrogens with zero attached hydrogens (tertiary/aromatic N) is 4. The molecule has 4 rings (SSSR count). The van der Waals surface area contributed by atoms with E-state index in [1.165, 1.54) is 6.33 Å². The van der Waals surface area contributed by atoms with Crippen molar-refractivity contribution in [2.24, 2.45) is 5.92 Å². The molecule has 0 atom stereocenters. The van der Waals surface area contributed by atoms with Crippen LogP contribution in [0.25, 0.3) is 22.3 Å². The van der Waals surface area contributed by atoms with Gasteiger partial charge in [0, 0.05) is 29.9 Å². The molecule has 0 amide bonds. The smallest absolute Gasteiger partial charge is 0.141 e. The van der Waals surface area contributed by atoms with E-state index in [4.69, 9.17) is 31.4 Å². The summed E-state index contributed by atoms with van der Waals surface area (Å²) in [5.74, 6) is -0.268. The first-order chi connectivity index (χ1) is 11.4. The van der Waals surface area contributed by atoms with Gasteiger partial charge in [-0.1, -0.05) is 23.3 Å². The van der Waals surface area contributed by atoms with Gasteiger partial charge in [-0.3, -0.25) is 4.68 Å². The summed E-state index contributed by atoms with van der Waals surface area (Å²) in [7, 11) is 24.7. The second-order valence-corrected chi connectivity index (χ2v) is 6.69. The number of nitrogens with one attached hydrogen (secondary N) is 1. The van der Waals surface area contributed by atoms with Crippen molar-refractivity contribution in [3.05, 3.63) is 31.0 Å². The second kappa shape index (κ2) is 5.30. The predicted molar refractivity (Wildman–Crippen MR) is 96.2 cm³/mol. The van der Waals surface area contributed by atoms with E-state index < -0.39 is 10.4 Å². The minimum atomic E-state index is -0.890. The van der Waals surface area contributed by atoms with Crippen LogP contribution in [0, 0.1) is 5.92 Å². The zero-order valence-electron chi connectivity index (χ0n) is 13.2. The van der Waals surface area contributed by atoms with E-state index in [1.807, 2.05) is 18.5 Å². The topological polar surface area (TPSA) is 59.4 Å². The molecule has 1 saturated carbocycles. The number of hydrogen-bond acceptors (Lipinski definition) is 3. The normalized spacial score (nSPS) is 19.8. The first kappa shape index (κ1) is 15.6. The fourth-order valence-corrected chi connectivity index (χ4v) is 3.50. The van der Waals surface area contributed by atoms with Crippen LogP contribution in [0.5, 0.6) is 0 Å². The zero-order chi connectivity index (χ0) is 16.9. The quantitative estimate of drug-likeness (QED) is 0.738. The highest BCUT2D eigenvalue weighted by atomic mass is 15.3. The Morgan fingerprint density at radius 1 is 1.17 bits per heavy atom. The average Bonchev–Trinajstić information content (AvgIpc) is 3.22. The molecule has 0 unspecified atom stereocenters. The largest absolute Gasteiger partial charge is 0.346 e. The Kier molecular flexibility index (Phi) is 3.44. The molecule has 3 heterocycles. The Hall–Kier alpha value is -1.91. The molecule has 1 fully saturated rings. The monoisotopic (exact) mass is 307 g/mol. The van der Waals surface area contributed by atoms with Crippen LogP contribution in [0.1, 0.15) is 12.8 Å². The standard InChI is InChI=1S/C15H13B4N5/c16-14(17)2-3-15(18,19)11(14)7-24-6-9(5-23-24)12-10-1-4-20-13(10)22-8-21-12/h1,4-6,8,11H,2-3,7H2,(H,20,21,22). The van der Waals surface area contributed by atoms with Gasteiger partial charge in [-0.05, 0) is 12.0 Å². The SMILES string of the molecule is [B]C1([B])CCC([B])([B])C1Cn1cc(-c2ncnc3[nH]ccc23)cn1.